The molecule has 2 heterocycles. The SMILES string of the molecule is O=C1N(CCOc2ccc(Cl)cc2Cl)c2c(Cl)ccc(Cl)c2C12OCCO2. The van der Waals surface area contributed by atoms with Crippen LogP contribution < -0.4 is 9.64 Å². The van der Waals surface area contributed by atoms with Crippen LogP contribution in [0.4, 0.5) is 5.69 Å². The maximum Gasteiger partial charge on any atom is 0.292 e. The van der Waals surface area contributed by atoms with Crippen molar-refractivity contribution in [3.05, 3.63) is 56.0 Å². The zero-order valence-electron chi connectivity index (χ0n) is 13.8. The molecular weight excluding hydrogens is 436 g/mol. The van der Waals surface area contributed by atoms with Crippen molar-refractivity contribution in [3.63, 3.8) is 0 Å². The van der Waals surface area contributed by atoms with Crippen LogP contribution in [0, 0.1) is 0 Å². The molecule has 27 heavy (non-hydrogen) atoms. The molecule has 0 unspecified atom stereocenters. The van der Waals surface area contributed by atoms with Gasteiger partial charge in [0.2, 0.25) is 0 Å². The third-order valence-corrected chi connectivity index (χ3v) is 5.51. The van der Waals surface area contributed by atoms with Gasteiger partial charge in [0.25, 0.3) is 11.7 Å². The Kier molecular flexibility index (Phi) is 5.18. The monoisotopic (exact) mass is 447 g/mol. The van der Waals surface area contributed by atoms with Crippen LogP contribution in [0.25, 0.3) is 0 Å². The predicted octanol–water partition coefficient (Wildman–Crippen LogP) is 4.93. The summed E-state index contributed by atoms with van der Waals surface area (Å²) in [6.07, 6.45) is 0. The molecule has 0 atom stereocenters. The summed E-state index contributed by atoms with van der Waals surface area (Å²) in [5, 5.41) is 1.63. The Balaban J connectivity index is 1.60. The Bertz CT molecular complexity index is 914. The first-order chi connectivity index (χ1) is 12.9. The van der Waals surface area contributed by atoms with Crippen LogP contribution >= 0.6 is 46.4 Å². The molecular formula is C18H13Cl4NO4. The Hall–Kier alpha value is -1.21. The number of benzene rings is 2. The molecule has 0 saturated carbocycles. The first kappa shape index (κ1) is 19.1. The van der Waals surface area contributed by atoms with Gasteiger partial charge in [-0.3, -0.25) is 4.79 Å². The molecule has 1 saturated heterocycles. The average molecular weight is 449 g/mol. The molecule has 0 N–H and O–H groups in total. The number of rotatable bonds is 4. The number of amides is 1. The summed E-state index contributed by atoms with van der Waals surface area (Å²) < 4.78 is 17.0. The van der Waals surface area contributed by atoms with Gasteiger partial charge in [-0.1, -0.05) is 46.4 Å². The second kappa shape index (κ2) is 7.32. The minimum Gasteiger partial charge on any atom is -0.490 e. The Morgan fingerprint density at radius 2 is 1.70 bits per heavy atom. The van der Waals surface area contributed by atoms with Gasteiger partial charge in [-0.25, -0.2) is 0 Å². The highest BCUT2D eigenvalue weighted by Gasteiger charge is 2.57. The lowest BCUT2D eigenvalue weighted by Gasteiger charge is -2.22. The van der Waals surface area contributed by atoms with Crippen molar-refractivity contribution < 1.29 is 19.0 Å². The summed E-state index contributed by atoms with van der Waals surface area (Å²) in [7, 11) is 0. The lowest BCUT2D eigenvalue weighted by molar-refractivity contribution is -0.180. The second-order valence-corrected chi connectivity index (χ2v) is 7.60. The summed E-state index contributed by atoms with van der Waals surface area (Å²) in [4.78, 5) is 14.6. The molecule has 1 amide bonds. The van der Waals surface area contributed by atoms with E-state index in [1.54, 1.807) is 30.3 Å². The van der Waals surface area contributed by atoms with Crippen molar-refractivity contribution in [2.75, 3.05) is 31.3 Å². The fourth-order valence-corrected chi connectivity index (χ4v) is 4.24. The highest BCUT2D eigenvalue weighted by molar-refractivity contribution is 6.38. The third kappa shape index (κ3) is 3.16. The van der Waals surface area contributed by atoms with Crippen molar-refractivity contribution in [1.82, 2.24) is 0 Å². The van der Waals surface area contributed by atoms with Crippen molar-refractivity contribution in [2.45, 2.75) is 5.79 Å². The van der Waals surface area contributed by atoms with E-state index >= 15 is 0 Å². The maximum absolute atomic E-state index is 13.1. The zero-order chi connectivity index (χ0) is 19.2. The molecule has 1 spiro atoms. The largest absolute Gasteiger partial charge is 0.490 e. The van der Waals surface area contributed by atoms with E-state index in [0.717, 1.165) is 0 Å². The summed E-state index contributed by atoms with van der Waals surface area (Å²) in [5.74, 6) is -1.46. The molecule has 142 valence electrons. The molecule has 0 bridgehead atoms. The smallest absolute Gasteiger partial charge is 0.292 e. The quantitative estimate of drug-likeness (QED) is 0.665. The van der Waals surface area contributed by atoms with Crippen LogP contribution in [-0.2, 0) is 20.1 Å². The first-order valence-electron chi connectivity index (χ1n) is 8.10. The molecule has 5 nitrogen and oxygen atoms in total. The minimum absolute atomic E-state index is 0.172. The van der Waals surface area contributed by atoms with Crippen LogP contribution in [0.2, 0.25) is 20.1 Å². The van der Waals surface area contributed by atoms with Crippen molar-refractivity contribution in [1.29, 1.82) is 0 Å². The van der Waals surface area contributed by atoms with E-state index in [1.807, 2.05) is 0 Å². The highest BCUT2D eigenvalue weighted by atomic mass is 35.5. The summed E-state index contributed by atoms with van der Waals surface area (Å²) >= 11 is 24.7. The Labute approximate surface area is 175 Å². The van der Waals surface area contributed by atoms with E-state index in [1.165, 1.54) is 4.90 Å². The molecule has 2 aliphatic rings. The lowest BCUT2D eigenvalue weighted by atomic mass is 10.1. The molecule has 9 heteroatoms. The fourth-order valence-electron chi connectivity index (χ4n) is 3.24. The predicted molar refractivity (Wildman–Crippen MR) is 104 cm³/mol. The van der Waals surface area contributed by atoms with Gasteiger partial charge >= 0.3 is 0 Å². The van der Waals surface area contributed by atoms with Crippen LogP contribution in [0.15, 0.2) is 30.3 Å². The summed E-state index contributed by atoms with van der Waals surface area (Å²) in [6, 6.07) is 8.18. The van der Waals surface area contributed by atoms with E-state index in [0.29, 0.717) is 50.3 Å². The summed E-state index contributed by atoms with van der Waals surface area (Å²) in [5.41, 5.74) is 0.908. The van der Waals surface area contributed by atoms with Gasteiger partial charge in [-0.2, -0.15) is 0 Å². The first-order valence-corrected chi connectivity index (χ1v) is 9.61. The van der Waals surface area contributed by atoms with Crippen molar-refractivity contribution in [2.24, 2.45) is 0 Å². The normalized spacial score (nSPS) is 17.6. The fraction of sp³-hybridized carbons (Fsp3) is 0.278. The third-order valence-electron chi connectivity index (χ3n) is 4.36. The number of hydrogen-bond donors (Lipinski definition) is 0. The standard InChI is InChI=1S/C18H13Cl4NO4/c19-10-1-4-14(13(22)9-10)25-6-5-23-16-12(21)3-2-11(20)15(16)18(17(23)24)26-7-8-27-18/h1-4,9H,5-8H2. The van der Waals surface area contributed by atoms with E-state index in [2.05, 4.69) is 0 Å². The van der Waals surface area contributed by atoms with Crippen LogP contribution in [0.1, 0.15) is 5.56 Å². The second-order valence-electron chi connectivity index (χ2n) is 5.95. The van der Waals surface area contributed by atoms with Gasteiger partial charge in [0.1, 0.15) is 12.4 Å². The minimum atomic E-state index is -1.55. The molecule has 2 aliphatic heterocycles. The van der Waals surface area contributed by atoms with Gasteiger partial charge in [-0.05, 0) is 30.3 Å². The molecule has 0 aromatic heterocycles. The number of carbonyl (C=O) groups excluding carboxylic acids is 1. The number of fused-ring (bicyclic) bond motifs is 2. The topological polar surface area (TPSA) is 48.0 Å². The number of carbonyl (C=O) groups is 1. The van der Waals surface area contributed by atoms with Crippen LogP contribution in [0.3, 0.4) is 0 Å². The van der Waals surface area contributed by atoms with Gasteiger partial charge in [0.15, 0.2) is 0 Å². The number of hydrogen-bond acceptors (Lipinski definition) is 4. The van der Waals surface area contributed by atoms with E-state index < -0.39 is 5.79 Å². The molecule has 2 aromatic rings. The average Bonchev–Trinajstić information content (AvgIpc) is 3.21. The zero-order valence-corrected chi connectivity index (χ0v) is 16.8. The van der Waals surface area contributed by atoms with Gasteiger partial charge in [0, 0.05) is 5.02 Å². The molecule has 0 radical (unpaired) electrons. The molecule has 4 rings (SSSR count). The van der Waals surface area contributed by atoms with Crippen LogP contribution in [0.5, 0.6) is 5.75 Å². The molecule has 0 aliphatic carbocycles. The Morgan fingerprint density at radius 1 is 1.00 bits per heavy atom. The summed E-state index contributed by atoms with van der Waals surface area (Å²) in [6.45, 7) is 0.961. The van der Waals surface area contributed by atoms with Gasteiger partial charge < -0.3 is 19.1 Å². The van der Waals surface area contributed by atoms with Crippen molar-refractivity contribution >= 4 is 58.0 Å². The molecule has 1 fully saturated rings. The van der Waals surface area contributed by atoms with Gasteiger partial charge in [-0.15, -0.1) is 0 Å². The molecule has 2 aromatic carbocycles. The Morgan fingerprint density at radius 3 is 2.41 bits per heavy atom. The number of ether oxygens (including phenoxy) is 3. The number of anilines is 1. The van der Waals surface area contributed by atoms with E-state index in [9.17, 15) is 4.79 Å². The maximum atomic E-state index is 13.1. The number of nitrogens with zero attached hydrogens (tertiary/aromatic N) is 1. The highest BCUT2D eigenvalue weighted by Crippen LogP contribution is 2.51. The lowest BCUT2D eigenvalue weighted by Crippen LogP contribution is -2.42. The van der Waals surface area contributed by atoms with E-state index in [-0.39, 0.29) is 19.1 Å². The number of halogens is 4. The van der Waals surface area contributed by atoms with Crippen LogP contribution in [-0.4, -0.2) is 32.3 Å². The van der Waals surface area contributed by atoms with E-state index in [4.69, 9.17) is 60.6 Å². The van der Waals surface area contributed by atoms with Gasteiger partial charge in [0.05, 0.1) is 46.1 Å². The van der Waals surface area contributed by atoms with Crippen molar-refractivity contribution in [3.8, 4) is 5.75 Å².